The lowest BCUT2D eigenvalue weighted by Crippen LogP contribution is -2.62. The first-order valence-electron chi connectivity index (χ1n) is 6.02. The van der Waals surface area contributed by atoms with Crippen LogP contribution >= 0.6 is 0 Å². The molecule has 0 radical (unpaired) electrons. The molecule has 21 heavy (non-hydrogen) atoms. The minimum atomic E-state index is -3.72. The zero-order valence-corrected chi connectivity index (χ0v) is 10.5. The minimum Gasteiger partial charge on any atom is -0.465 e. The van der Waals surface area contributed by atoms with Crippen molar-refractivity contribution in [1.82, 2.24) is 10.2 Å². The monoisotopic (exact) mass is 300 g/mol. The van der Waals surface area contributed by atoms with Gasteiger partial charge in [0.1, 0.15) is 6.04 Å². The van der Waals surface area contributed by atoms with E-state index < -0.39 is 18.4 Å². The van der Waals surface area contributed by atoms with E-state index in [-0.39, 0.29) is 30.5 Å². The fourth-order valence-electron chi connectivity index (χ4n) is 2.13. The van der Waals surface area contributed by atoms with Crippen LogP contribution in [0, 0.1) is 0 Å². The van der Waals surface area contributed by atoms with Crippen LogP contribution in [0.1, 0.15) is 5.56 Å². The van der Waals surface area contributed by atoms with Crippen LogP contribution in [0.15, 0.2) is 18.2 Å². The second-order valence-corrected chi connectivity index (χ2v) is 4.62. The summed E-state index contributed by atoms with van der Waals surface area (Å²) in [5.74, 6) is -0.669. The van der Waals surface area contributed by atoms with Gasteiger partial charge in [-0.15, -0.1) is 8.78 Å². The molecule has 0 bridgehead atoms. The fraction of sp³-hybridized carbons (Fsp3) is 0.333. The SMILES string of the molecule is O=C1NC[C@@H]1N(Cc1ccc2c(c1)OC(F)(F)O2)C(=O)O. The summed E-state index contributed by atoms with van der Waals surface area (Å²) < 4.78 is 34.3. The maximum absolute atomic E-state index is 12.9. The molecule has 0 aliphatic carbocycles. The quantitative estimate of drug-likeness (QED) is 0.813. The number of halogens is 2. The number of ether oxygens (including phenoxy) is 2. The molecule has 2 aliphatic rings. The number of hydrogen-bond donors (Lipinski definition) is 2. The normalized spacial score (nSPS) is 21.4. The smallest absolute Gasteiger partial charge is 0.465 e. The Bertz CT molecular complexity index is 622. The fourth-order valence-corrected chi connectivity index (χ4v) is 2.13. The third kappa shape index (κ3) is 2.41. The van der Waals surface area contributed by atoms with Crippen molar-refractivity contribution in [2.24, 2.45) is 0 Å². The maximum atomic E-state index is 12.9. The summed E-state index contributed by atoms with van der Waals surface area (Å²) in [7, 11) is 0. The largest absolute Gasteiger partial charge is 0.586 e. The molecular formula is C12H10F2N2O5. The molecule has 2 heterocycles. The van der Waals surface area contributed by atoms with E-state index in [0.717, 1.165) is 4.90 Å². The summed E-state index contributed by atoms with van der Waals surface area (Å²) in [5, 5.41) is 11.6. The third-order valence-electron chi connectivity index (χ3n) is 3.21. The number of nitrogens with zero attached hydrogens (tertiary/aromatic N) is 1. The van der Waals surface area contributed by atoms with Crippen LogP contribution in [0.3, 0.4) is 0 Å². The Labute approximate surface area is 117 Å². The summed E-state index contributed by atoms with van der Waals surface area (Å²) in [6, 6.07) is 3.21. The van der Waals surface area contributed by atoms with Crippen molar-refractivity contribution in [3.8, 4) is 11.5 Å². The van der Waals surface area contributed by atoms with Crippen molar-refractivity contribution >= 4 is 12.0 Å². The first kappa shape index (κ1) is 13.4. The number of hydrogen-bond acceptors (Lipinski definition) is 4. The van der Waals surface area contributed by atoms with Crippen LogP contribution in [0.5, 0.6) is 11.5 Å². The zero-order valence-electron chi connectivity index (χ0n) is 10.5. The topological polar surface area (TPSA) is 88.1 Å². The highest BCUT2D eigenvalue weighted by Gasteiger charge is 2.43. The predicted molar refractivity (Wildman–Crippen MR) is 63.0 cm³/mol. The average molecular weight is 300 g/mol. The Hall–Kier alpha value is -2.58. The van der Waals surface area contributed by atoms with Crippen molar-refractivity contribution in [1.29, 1.82) is 0 Å². The van der Waals surface area contributed by atoms with Gasteiger partial charge in [0.2, 0.25) is 5.91 Å². The second kappa shape index (κ2) is 4.47. The lowest BCUT2D eigenvalue weighted by Gasteiger charge is -2.34. The van der Waals surface area contributed by atoms with Gasteiger partial charge in [-0.25, -0.2) is 4.79 Å². The van der Waals surface area contributed by atoms with Crippen molar-refractivity contribution < 1.29 is 33.0 Å². The van der Waals surface area contributed by atoms with E-state index in [2.05, 4.69) is 14.8 Å². The van der Waals surface area contributed by atoms with Crippen LogP contribution in [0.25, 0.3) is 0 Å². The summed E-state index contributed by atoms with van der Waals surface area (Å²) in [4.78, 5) is 23.4. The van der Waals surface area contributed by atoms with Gasteiger partial charge >= 0.3 is 12.4 Å². The number of carbonyl (C=O) groups excluding carboxylic acids is 1. The Morgan fingerprint density at radius 3 is 2.71 bits per heavy atom. The molecule has 2 N–H and O–H groups in total. The molecule has 0 aromatic heterocycles. The first-order chi connectivity index (χ1) is 9.85. The molecule has 0 saturated carbocycles. The molecule has 7 nitrogen and oxygen atoms in total. The van der Waals surface area contributed by atoms with Crippen LogP contribution < -0.4 is 14.8 Å². The van der Waals surface area contributed by atoms with E-state index in [1.54, 1.807) is 0 Å². The molecule has 1 saturated heterocycles. The third-order valence-corrected chi connectivity index (χ3v) is 3.21. The molecule has 112 valence electrons. The number of benzene rings is 1. The summed E-state index contributed by atoms with van der Waals surface area (Å²) in [6.45, 7) is 0.114. The van der Waals surface area contributed by atoms with E-state index >= 15 is 0 Å². The highest BCUT2D eigenvalue weighted by atomic mass is 19.3. The summed E-state index contributed by atoms with van der Waals surface area (Å²) in [5.41, 5.74) is 0.414. The van der Waals surface area contributed by atoms with Gasteiger partial charge < -0.3 is 19.9 Å². The van der Waals surface area contributed by atoms with E-state index in [1.165, 1.54) is 18.2 Å². The molecular weight excluding hydrogens is 290 g/mol. The Morgan fingerprint density at radius 1 is 1.43 bits per heavy atom. The summed E-state index contributed by atoms with van der Waals surface area (Å²) >= 11 is 0. The molecule has 0 spiro atoms. The first-order valence-corrected chi connectivity index (χ1v) is 6.02. The van der Waals surface area contributed by atoms with Crippen LogP contribution in [0.4, 0.5) is 13.6 Å². The number of fused-ring (bicyclic) bond motifs is 1. The van der Waals surface area contributed by atoms with Gasteiger partial charge in [0, 0.05) is 6.54 Å². The standard InChI is InChI=1S/C12H10F2N2O5/c13-12(14)20-8-2-1-6(3-9(8)21-12)5-16(11(18)19)7-4-15-10(7)17/h1-3,7H,4-5H2,(H,15,17)(H,18,19)/t7-/m0/s1. The van der Waals surface area contributed by atoms with Crippen molar-refractivity contribution in [2.45, 2.75) is 18.9 Å². The van der Waals surface area contributed by atoms with Crippen molar-refractivity contribution in [3.05, 3.63) is 23.8 Å². The molecule has 1 fully saturated rings. The zero-order chi connectivity index (χ0) is 15.2. The number of alkyl halides is 2. The molecule has 1 aromatic carbocycles. The number of rotatable bonds is 3. The number of carbonyl (C=O) groups is 2. The van der Waals surface area contributed by atoms with Gasteiger partial charge in [-0.3, -0.25) is 9.69 Å². The predicted octanol–water partition coefficient (Wildman–Crippen LogP) is 0.986. The molecule has 0 unspecified atom stereocenters. The highest BCUT2D eigenvalue weighted by Crippen LogP contribution is 2.41. The molecule has 1 aromatic rings. The van der Waals surface area contributed by atoms with Gasteiger partial charge in [-0.1, -0.05) is 6.07 Å². The number of nitrogens with one attached hydrogen (secondary N) is 1. The van der Waals surface area contributed by atoms with E-state index in [1.807, 2.05) is 0 Å². The van der Waals surface area contributed by atoms with Crippen LogP contribution in [0.2, 0.25) is 0 Å². The van der Waals surface area contributed by atoms with E-state index in [9.17, 15) is 18.4 Å². The maximum Gasteiger partial charge on any atom is 0.586 e. The van der Waals surface area contributed by atoms with Gasteiger partial charge in [0.15, 0.2) is 11.5 Å². The number of β-lactam (4-membered cyclic amide) rings is 1. The highest BCUT2D eigenvalue weighted by molar-refractivity contribution is 5.90. The Kier molecular flexibility index (Phi) is 2.85. The molecule has 2 amide bonds. The van der Waals surface area contributed by atoms with Gasteiger partial charge in [0.05, 0.1) is 6.54 Å². The van der Waals surface area contributed by atoms with Gasteiger partial charge in [0.25, 0.3) is 0 Å². The lowest BCUT2D eigenvalue weighted by atomic mass is 10.1. The molecule has 1 atom stereocenters. The van der Waals surface area contributed by atoms with Crippen LogP contribution in [-0.4, -0.2) is 40.9 Å². The van der Waals surface area contributed by atoms with Gasteiger partial charge in [-0.2, -0.15) is 0 Å². The van der Waals surface area contributed by atoms with E-state index in [4.69, 9.17) is 5.11 Å². The minimum absolute atomic E-state index is 0.115. The van der Waals surface area contributed by atoms with Crippen LogP contribution in [-0.2, 0) is 11.3 Å². The van der Waals surface area contributed by atoms with E-state index in [0.29, 0.717) is 5.56 Å². The molecule has 3 rings (SSSR count). The van der Waals surface area contributed by atoms with Crippen molar-refractivity contribution in [2.75, 3.05) is 6.54 Å². The summed E-state index contributed by atoms with van der Waals surface area (Å²) in [6.07, 6.45) is -4.99. The molecule has 9 heteroatoms. The average Bonchev–Trinajstić information content (AvgIpc) is 2.69. The van der Waals surface area contributed by atoms with Crippen molar-refractivity contribution in [3.63, 3.8) is 0 Å². The van der Waals surface area contributed by atoms with Gasteiger partial charge in [-0.05, 0) is 17.7 Å². The lowest BCUT2D eigenvalue weighted by molar-refractivity contribution is -0.286. The Balaban J connectivity index is 1.79. The number of carboxylic acid groups (broad SMARTS) is 1. The molecule has 2 aliphatic heterocycles. The second-order valence-electron chi connectivity index (χ2n) is 4.62. The Morgan fingerprint density at radius 2 is 2.14 bits per heavy atom. The number of amides is 2.